The minimum atomic E-state index is -0.127. The average molecular weight is 314 g/mol. The van der Waals surface area contributed by atoms with Gasteiger partial charge >= 0.3 is 0 Å². The third-order valence-corrected chi connectivity index (χ3v) is 4.54. The first kappa shape index (κ1) is 14.7. The third-order valence-electron chi connectivity index (χ3n) is 4.21. The van der Waals surface area contributed by atoms with Gasteiger partial charge in [-0.25, -0.2) is 4.68 Å². The zero-order valence-corrected chi connectivity index (χ0v) is 12.9. The SMILES string of the molecule is Cn1nc(C(=O)N2CCC(N3CCOCC3)CC2)nc1Cl. The molecule has 0 unspecified atom stereocenters. The van der Waals surface area contributed by atoms with E-state index in [1.807, 2.05) is 4.90 Å². The first-order chi connectivity index (χ1) is 10.1. The Morgan fingerprint density at radius 3 is 2.48 bits per heavy atom. The van der Waals surface area contributed by atoms with Crippen molar-refractivity contribution in [3.8, 4) is 0 Å². The Kier molecular flexibility index (Phi) is 4.42. The van der Waals surface area contributed by atoms with E-state index in [1.165, 1.54) is 4.68 Å². The second-order valence-electron chi connectivity index (χ2n) is 5.50. The van der Waals surface area contributed by atoms with Crippen LogP contribution in [0, 0.1) is 0 Å². The summed E-state index contributed by atoms with van der Waals surface area (Å²) < 4.78 is 6.80. The van der Waals surface area contributed by atoms with Crippen molar-refractivity contribution in [2.45, 2.75) is 18.9 Å². The highest BCUT2D eigenvalue weighted by molar-refractivity contribution is 6.28. The number of morpholine rings is 1. The minimum Gasteiger partial charge on any atom is -0.379 e. The Morgan fingerprint density at radius 2 is 1.90 bits per heavy atom. The molecule has 8 heteroatoms. The number of hydrogen-bond acceptors (Lipinski definition) is 5. The number of aromatic nitrogens is 3. The number of piperidine rings is 1. The predicted molar refractivity (Wildman–Crippen MR) is 77.3 cm³/mol. The fourth-order valence-corrected chi connectivity index (χ4v) is 3.09. The summed E-state index contributed by atoms with van der Waals surface area (Å²) >= 11 is 5.84. The molecule has 0 radical (unpaired) electrons. The first-order valence-corrected chi connectivity index (χ1v) is 7.70. The summed E-state index contributed by atoms with van der Waals surface area (Å²) in [7, 11) is 1.68. The van der Waals surface area contributed by atoms with Crippen LogP contribution >= 0.6 is 11.6 Å². The number of amides is 1. The van der Waals surface area contributed by atoms with E-state index in [9.17, 15) is 4.79 Å². The Balaban J connectivity index is 1.56. The lowest BCUT2D eigenvalue weighted by atomic mass is 10.0. The fourth-order valence-electron chi connectivity index (χ4n) is 2.97. The van der Waals surface area contributed by atoms with Crippen LogP contribution in [0.15, 0.2) is 0 Å². The molecule has 3 rings (SSSR count). The van der Waals surface area contributed by atoms with E-state index in [0.29, 0.717) is 6.04 Å². The standard InChI is InChI=1S/C13H20ClN5O2/c1-17-13(14)15-11(16-17)12(20)19-4-2-10(3-5-19)18-6-8-21-9-7-18/h10H,2-9H2,1H3. The molecule has 2 aliphatic heterocycles. The maximum absolute atomic E-state index is 12.3. The molecule has 2 fully saturated rings. The molecule has 0 N–H and O–H groups in total. The highest BCUT2D eigenvalue weighted by Gasteiger charge is 2.29. The molecule has 1 aromatic rings. The Morgan fingerprint density at radius 1 is 1.24 bits per heavy atom. The van der Waals surface area contributed by atoms with E-state index in [4.69, 9.17) is 16.3 Å². The van der Waals surface area contributed by atoms with E-state index in [1.54, 1.807) is 7.05 Å². The summed E-state index contributed by atoms with van der Waals surface area (Å²) in [5, 5.41) is 4.29. The molecule has 0 spiro atoms. The highest BCUT2D eigenvalue weighted by atomic mass is 35.5. The van der Waals surface area contributed by atoms with Gasteiger partial charge in [0.2, 0.25) is 11.1 Å². The quantitative estimate of drug-likeness (QED) is 0.791. The van der Waals surface area contributed by atoms with Gasteiger partial charge in [-0.1, -0.05) is 0 Å². The number of hydrogen-bond donors (Lipinski definition) is 0. The maximum Gasteiger partial charge on any atom is 0.293 e. The number of likely N-dealkylation sites (tertiary alicyclic amines) is 1. The topological polar surface area (TPSA) is 63.5 Å². The summed E-state index contributed by atoms with van der Waals surface area (Å²) in [6.45, 7) is 5.12. The van der Waals surface area contributed by atoms with Gasteiger partial charge in [-0.15, -0.1) is 5.10 Å². The summed E-state index contributed by atoms with van der Waals surface area (Å²) in [5.41, 5.74) is 0. The molecule has 21 heavy (non-hydrogen) atoms. The van der Waals surface area contributed by atoms with Crippen LogP contribution in [0.2, 0.25) is 5.28 Å². The van der Waals surface area contributed by atoms with Gasteiger partial charge in [0.05, 0.1) is 13.2 Å². The average Bonchev–Trinajstić information content (AvgIpc) is 2.87. The third kappa shape index (κ3) is 3.20. The van der Waals surface area contributed by atoms with Crippen LogP contribution in [-0.2, 0) is 11.8 Å². The monoisotopic (exact) mass is 313 g/mol. The summed E-state index contributed by atoms with van der Waals surface area (Å²) in [5.74, 6) is 0.0604. The molecule has 0 saturated carbocycles. The Bertz CT molecular complexity index is 487. The zero-order chi connectivity index (χ0) is 14.8. The van der Waals surface area contributed by atoms with Crippen LogP contribution in [-0.4, -0.2) is 75.9 Å². The molecule has 0 bridgehead atoms. The van der Waals surface area contributed by atoms with Gasteiger partial charge in [-0.2, -0.15) is 4.98 Å². The molecule has 0 aromatic carbocycles. The molecule has 1 aromatic heterocycles. The lowest BCUT2D eigenvalue weighted by Gasteiger charge is -2.39. The second-order valence-corrected chi connectivity index (χ2v) is 5.84. The molecule has 2 aliphatic rings. The van der Waals surface area contributed by atoms with Crippen LogP contribution in [0.3, 0.4) is 0 Å². The van der Waals surface area contributed by atoms with Gasteiger partial charge in [0.1, 0.15) is 0 Å². The second kappa shape index (κ2) is 6.29. The Labute approximate surface area is 128 Å². The fraction of sp³-hybridized carbons (Fsp3) is 0.769. The largest absolute Gasteiger partial charge is 0.379 e. The van der Waals surface area contributed by atoms with Crippen molar-refractivity contribution in [2.75, 3.05) is 39.4 Å². The lowest BCUT2D eigenvalue weighted by molar-refractivity contribution is 0.00146. The minimum absolute atomic E-state index is 0.127. The van der Waals surface area contributed by atoms with Crippen molar-refractivity contribution in [3.63, 3.8) is 0 Å². The van der Waals surface area contributed by atoms with Gasteiger partial charge < -0.3 is 9.64 Å². The van der Waals surface area contributed by atoms with Gasteiger partial charge in [0, 0.05) is 39.3 Å². The molecule has 2 saturated heterocycles. The molecule has 1 amide bonds. The van der Waals surface area contributed by atoms with Crippen LogP contribution in [0.1, 0.15) is 23.5 Å². The molecule has 116 valence electrons. The van der Waals surface area contributed by atoms with Crippen LogP contribution in [0.4, 0.5) is 0 Å². The predicted octanol–water partition coefficient (Wildman–Crippen LogP) is 0.405. The van der Waals surface area contributed by atoms with Crippen molar-refractivity contribution in [2.24, 2.45) is 7.05 Å². The summed E-state index contributed by atoms with van der Waals surface area (Å²) in [4.78, 5) is 20.6. The van der Waals surface area contributed by atoms with Crippen molar-refractivity contribution in [1.82, 2.24) is 24.6 Å². The van der Waals surface area contributed by atoms with Crippen molar-refractivity contribution < 1.29 is 9.53 Å². The number of nitrogens with zero attached hydrogens (tertiary/aromatic N) is 5. The number of aryl methyl sites for hydroxylation is 1. The van der Waals surface area contributed by atoms with Gasteiger partial charge in [0.25, 0.3) is 5.91 Å². The van der Waals surface area contributed by atoms with E-state index >= 15 is 0 Å². The maximum atomic E-state index is 12.3. The number of carbonyl (C=O) groups is 1. The summed E-state index contributed by atoms with van der Waals surface area (Å²) in [6, 6.07) is 0.554. The smallest absolute Gasteiger partial charge is 0.293 e. The zero-order valence-electron chi connectivity index (χ0n) is 12.2. The van der Waals surface area contributed by atoms with Gasteiger partial charge in [-0.3, -0.25) is 9.69 Å². The van der Waals surface area contributed by atoms with Gasteiger partial charge in [-0.05, 0) is 24.4 Å². The van der Waals surface area contributed by atoms with E-state index in [2.05, 4.69) is 15.0 Å². The van der Waals surface area contributed by atoms with Crippen LogP contribution < -0.4 is 0 Å². The molecule has 0 aliphatic carbocycles. The molecular formula is C13H20ClN5O2. The highest BCUT2D eigenvalue weighted by Crippen LogP contribution is 2.19. The lowest BCUT2D eigenvalue weighted by Crippen LogP contribution is -2.50. The van der Waals surface area contributed by atoms with E-state index in [-0.39, 0.29) is 17.0 Å². The van der Waals surface area contributed by atoms with E-state index in [0.717, 1.165) is 52.2 Å². The normalized spacial score (nSPS) is 21.7. The van der Waals surface area contributed by atoms with Crippen LogP contribution in [0.5, 0.6) is 0 Å². The number of halogens is 1. The van der Waals surface area contributed by atoms with Crippen molar-refractivity contribution in [1.29, 1.82) is 0 Å². The first-order valence-electron chi connectivity index (χ1n) is 7.33. The van der Waals surface area contributed by atoms with Crippen molar-refractivity contribution >= 4 is 17.5 Å². The molecule has 0 atom stereocenters. The molecule has 3 heterocycles. The van der Waals surface area contributed by atoms with Crippen molar-refractivity contribution in [3.05, 3.63) is 11.1 Å². The van der Waals surface area contributed by atoms with Gasteiger partial charge in [0.15, 0.2) is 0 Å². The number of carbonyl (C=O) groups excluding carboxylic acids is 1. The summed E-state index contributed by atoms with van der Waals surface area (Å²) in [6.07, 6.45) is 1.98. The molecule has 7 nitrogen and oxygen atoms in total. The number of ether oxygens (including phenoxy) is 1. The van der Waals surface area contributed by atoms with Crippen LogP contribution in [0.25, 0.3) is 0 Å². The number of rotatable bonds is 2. The molecular weight excluding hydrogens is 294 g/mol. The van der Waals surface area contributed by atoms with E-state index < -0.39 is 0 Å². The Hall–Kier alpha value is -1.18.